The van der Waals surface area contributed by atoms with E-state index < -0.39 is 0 Å². The van der Waals surface area contributed by atoms with E-state index in [0.29, 0.717) is 12.5 Å². The molecule has 1 atom stereocenters. The molecule has 5 heteroatoms. The minimum Gasteiger partial charge on any atom is -0.469 e. The lowest BCUT2D eigenvalue weighted by Crippen LogP contribution is -2.33. The molecule has 2 N–H and O–H groups in total. The van der Waals surface area contributed by atoms with Crippen LogP contribution in [-0.4, -0.2) is 48.9 Å². The fourth-order valence-corrected chi connectivity index (χ4v) is 3.60. The number of esters is 1. The Hall–Kier alpha value is -0.260. The number of hydrogen-bond acceptors (Lipinski definition) is 5. The third kappa shape index (κ3) is 6.63. The summed E-state index contributed by atoms with van der Waals surface area (Å²) in [6, 6.07) is 0.379. The van der Waals surface area contributed by atoms with Gasteiger partial charge in [-0.25, -0.2) is 0 Å². The summed E-state index contributed by atoms with van der Waals surface area (Å²) >= 11 is 1.89. The first kappa shape index (κ1) is 16.8. The molecule has 0 spiro atoms. The lowest BCUT2D eigenvalue weighted by molar-refractivity contribution is -0.141. The summed E-state index contributed by atoms with van der Waals surface area (Å²) in [5, 5.41) is 12.5. The highest BCUT2D eigenvalue weighted by Gasteiger charge is 2.44. The van der Waals surface area contributed by atoms with Crippen molar-refractivity contribution in [1.29, 1.82) is 0 Å². The molecule has 1 fully saturated rings. The second-order valence-electron chi connectivity index (χ2n) is 5.43. The Balaban J connectivity index is 2.21. The van der Waals surface area contributed by atoms with E-state index >= 15 is 0 Å². The molecule has 19 heavy (non-hydrogen) atoms. The van der Waals surface area contributed by atoms with Crippen LogP contribution in [0, 0.1) is 5.41 Å². The van der Waals surface area contributed by atoms with E-state index in [4.69, 9.17) is 9.84 Å². The Kier molecular flexibility index (Phi) is 7.80. The number of thioether (sulfide) groups is 1. The van der Waals surface area contributed by atoms with Gasteiger partial charge in [-0.15, -0.1) is 0 Å². The third-order valence-corrected chi connectivity index (χ3v) is 5.05. The van der Waals surface area contributed by atoms with E-state index in [1.54, 1.807) is 0 Å². The van der Waals surface area contributed by atoms with Crippen molar-refractivity contribution in [3.63, 3.8) is 0 Å². The summed E-state index contributed by atoms with van der Waals surface area (Å²) in [4.78, 5) is 11.3. The van der Waals surface area contributed by atoms with E-state index in [-0.39, 0.29) is 18.0 Å². The van der Waals surface area contributed by atoms with Gasteiger partial charge in [-0.3, -0.25) is 4.79 Å². The lowest BCUT2D eigenvalue weighted by Gasteiger charge is -2.19. The number of rotatable bonds is 11. The van der Waals surface area contributed by atoms with Gasteiger partial charge in [-0.05, 0) is 43.4 Å². The van der Waals surface area contributed by atoms with E-state index in [2.05, 4.69) is 12.2 Å². The Bertz CT molecular complexity index is 269. The van der Waals surface area contributed by atoms with Gasteiger partial charge in [-0.1, -0.05) is 6.92 Å². The molecule has 1 rings (SSSR count). The standard InChI is InChI=1S/C14H27NO3S/c1-3-7-15-12(4-8-16)10-19-11-14(5-6-14)9-13(17)18-2/h12,15-16H,3-11H2,1-2H3. The van der Waals surface area contributed by atoms with Gasteiger partial charge in [-0.2, -0.15) is 11.8 Å². The quantitative estimate of drug-likeness (QED) is 0.568. The second-order valence-corrected chi connectivity index (χ2v) is 6.46. The van der Waals surface area contributed by atoms with Crippen molar-refractivity contribution in [2.75, 3.05) is 31.8 Å². The SMILES string of the molecule is CCCNC(CCO)CSCC1(CC(=O)OC)CC1. The molecule has 0 bridgehead atoms. The van der Waals surface area contributed by atoms with Gasteiger partial charge < -0.3 is 15.2 Å². The number of hydrogen-bond donors (Lipinski definition) is 2. The van der Waals surface area contributed by atoms with E-state index in [9.17, 15) is 4.79 Å². The minimum atomic E-state index is -0.0888. The van der Waals surface area contributed by atoms with Crippen molar-refractivity contribution in [3.8, 4) is 0 Å². The van der Waals surface area contributed by atoms with E-state index in [1.807, 2.05) is 11.8 Å². The van der Waals surface area contributed by atoms with Gasteiger partial charge >= 0.3 is 5.97 Å². The third-order valence-electron chi connectivity index (χ3n) is 3.59. The van der Waals surface area contributed by atoms with Gasteiger partial charge in [0, 0.05) is 18.4 Å². The maximum atomic E-state index is 11.3. The van der Waals surface area contributed by atoms with Gasteiger partial charge in [0.05, 0.1) is 13.5 Å². The Labute approximate surface area is 120 Å². The zero-order valence-electron chi connectivity index (χ0n) is 12.1. The molecule has 1 aliphatic carbocycles. The largest absolute Gasteiger partial charge is 0.469 e. The van der Waals surface area contributed by atoms with Crippen molar-refractivity contribution < 1.29 is 14.6 Å². The van der Waals surface area contributed by atoms with Crippen molar-refractivity contribution >= 4 is 17.7 Å². The van der Waals surface area contributed by atoms with Crippen molar-refractivity contribution in [1.82, 2.24) is 5.32 Å². The molecule has 0 saturated heterocycles. The summed E-state index contributed by atoms with van der Waals surface area (Å²) in [5.74, 6) is 1.94. The number of methoxy groups -OCH3 is 1. The maximum absolute atomic E-state index is 11.3. The van der Waals surface area contributed by atoms with E-state index in [1.165, 1.54) is 7.11 Å². The summed E-state index contributed by atoms with van der Waals surface area (Å²) in [5.41, 5.74) is 0.201. The highest BCUT2D eigenvalue weighted by molar-refractivity contribution is 7.99. The average Bonchev–Trinajstić information content (AvgIpc) is 3.15. The predicted octanol–water partition coefficient (Wildman–Crippen LogP) is 1.81. The van der Waals surface area contributed by atoms with Crippen LogP contribution in [0.2, 0.25) is 0 Å². The molecule has 112 valence electrons. The number of carbonyl (C=O) groups is 1. The number of aliphatic hydroxyl groups excluding tert-OH is 1. The molecule has 1 aliphatic rings. The lowest BCUT2D eigenvalue weighted by atomic mass is 10.1. The van der Waals surface area contributed by atoms with Crippen LogP contribution in [-0.2, 0) is 9.53 Å². The summed E-state index contributed by atoms with van der Waals surface area (Å²) in [7, 11) is 1.46. The topological polar surface area (TPSA) is 58.6 Å². The number of nitrogens with one attached hydrogen (secondary N) is 1. The monoisotopic (exact) mass is 289 g/mol. The molecule has 0 aromatic rings. The first-order valence-corrected chi connectivity index (χ1v) is 8.30. The zero-order valence-corrected chi connectivity index (χ0v) is 12.9. The van der Waals surface area contributed by atoms with Crippen molar-refractivity contribution in [2.24, 2.45) is 5.41 Å². The Morgan fingerprint density at radius 2 is 2.26 bits per heavy atom. The fourth-order valence-electron chi connectivity index (χ4n) is 2.09. The van der Waals surface area contributed by atoms with Crippen LogP contribution in [0.25, 0.3) is 0 Å². The maximum Gasteiger partial charge on any atom is 0.306 e. The number of ether oxygens (including phenoxy) is 1. The summed E-state index contributed by atoms with van der Waals surface area (Å²) < 4.78 is 4.75. The van der Waals surface area contributed by atoms with Crippen LogP contribution >= 0.6 is 11.8 Å². The first-order valence-electron chi connectivity index (χ1n) is 7.14. The number of aliphatic hydroxyl groups is 1. The summed E-state index contributed by atoms with van der Waals surface area (Å²) in [6.07, 6.45) is 4.75. The zero-order chi connectivity index (χ0) is 14.1. The fraction of sp³-hybridized carbons (Fsp3) is 0.929. The molecular weight excluding hydrogens is 262 g/mol. The molecule has 4 nitrogen and oxygen atoms in total. The molecular formula is C14H27NO3S. The highest BCUT2D eigenvalue weighted by Crippen LogP contribution is 2.51. The molecule has 0 amide bonds. The van der Waals surface area contributed by atoms with Crippen LogP contribution in [0.15, 0.2) is 0 Å². The Morgan fingerprint density at radius 3 is 2.79 bits per heavy atom. The average molecular weight is 289 g/mol. The molecule has 0 radical (unpaired) electrons. The van der Waals surface area contributed by atoms with Crippen molar-refractivity contribution in [2.45, 2.75) is 45.1 Å². The van der Waals surface area contributed by atoms with Gasteiger partial charge in [0.1, 0.15) is 0 Å². The van der Waals surface area contributed by atoms with Gasteiger partial charge in [0.2, 0.25) is 0 Å². The highest BCUT2D eigenvalue weighted by atomic mass is 32.2. The van der Waals surface area contributed by atoms with Gasteiger partial charge in [0.25, 0.3) is 0 Å². The van der Waals surface area contributed by atoms with Gasteiger partial charge in [0.15, 0.2) is 0 Å². The van der Waals surface area contributed by atoms with E-state index in [0.717, 1.165) is 43.7 Å². The molecule has 0 aromatic heterocycles. The number of carbonyl (C=O) groups excluding carboxylic acids is 1. The van der Waals surface area contributed by atoms with Crippen LogP contribution in [0.4, 0.5) is 0 Å². The molecule has 1 saturated carbocycles. The molecule has 1 unspecified atom stereocenters. The second kappa shape index (κ2) is 8.82. The van der Waals surface area contributed by atoms with Crippen LogP contribution in [0.3, 0.4) is 0 Å². The van der Waals surface area contributed by atoms with Crippen LogP contribution < -0.4 is 5.32 Å². The molecule has 0 heterocycles. The normalized spacial score (nSPS) is 18.1. The first-order chi connectivity index (χ1) is 9.15. The minimum absolute atomic E-state index is 0.0888. The Morgan fingerprint density at radius 1 is 1.53 bits per heavy atom. The van der Waals surface area contributed by atoms with Crippen LogP contribution in [0.5, 0.6) is 0 Å². The van der Waals surface area contributed by atoms with Crippen molar-refractivity contribution in [3.05, 3.63) is 0 Å². The molecule has 0 aromatic carbocycles. The molecule has 0 aliphatic heterocycles. The van der Waals surface area contributed by atoms with Crippen LogP contribution in [0.1, 0.15) is 39.0 Å². The predicted molar refractivity (Wildman–Crippen MR) is 79.4 cm³/mol. The smallest absolute Gasteiger partial charge is 0.306 e. The summed E-state index contributed by atoms with van der Waals surface area (Å²) in [6.45, 7) is 3.37.